The normalized spacial score (nSPS) is 27.1. The van der Waals surface area contributed by atoms with E-state index in [0.29, 0.717) is 17.5 Å². The van der Waals surface area contributed by atoms with Gasteiger partial charge in [-0.3, -0.25) is 4.79 Å². The van der Waals surface area contributed by atoms with Crippen molar-refractivity contribution in [3.05, 3.63) is 71.4 Å². The van der Waals surface area contributed by atoms with Crippen molar-refractivity contribution >= 4 is 22.8 Å². The van der Waals surface area contributed by atoms with Crippen LogP contribution in [0.25, 0.3) is 10.9 Å². The molecule has 3 aromatic rings. The van der Waals surface area contributed by atoms with E-state index in [1.807, 2.05) is 30.3 Å². The third kappa shape index (κ3) is 3.91. The first-order valence-corrected chi connectivity index (χ1v) is 12.5. The van der Waals surface area contributed by atoms with Crippen LogP contribution in [0, 0.1) is 23.2 Å². The number of methoxy groups -OCH3 is 1. The maximum Gasteiger partial charge on any atom is 0.337 e. The van der Waals surface area contributed by atoms with Crippen molar-refractivity contribution in [3.63, 3.8) is 0 Å². The van der Waals surface area contributed by atoms with Gasteiger partial charge in [-0.2, -0.15) is 0 Å². The number of rotatable bonds is 6. The maximum absolute atomic E-state index is 13.0. The molecule has 0 spiro atoms. The van der Waals surface area contributed by atoms with E-state index in [-0.39, 0.29) is 11.9 Å². The zero-order valence-corrected chi connectivity index (χ0v) is 19.8. The first-order valence-electron chi connectivity index (χ1n) is 12.5. The summed E-state index contributed by atoms with van der Waals surface area (Å²) in [6, 6.07) is 15.5. The molecule has 5 nitrogen and oxygen atoms in total. The standard InChI is InChI=1S/C29H32N2O3/c1-34-28(33)23-4-2-19(3-5-23)17-31-9-8-24-13-25(6-7-26(24)31)27(32)30-18-29-14-20-10-21(15-29)12-22(11-20)16-29/h2-9,13,20-22H,10-12,14-18H2,1H3,(H,30,32). The first-order chi connectivity index (χ1) is 16.5. The number of fused-ring (bicyclic) bond motifs is 1. The van der Waals surface area contributed by atoms with Gasteiger partial charge in [-0.1, -0.05) is 12.1 Å². The number of nitrogens with one attached hydrogen (secondary N) is 1. The summed E-state index contributed by atoms with van der Waals surface area (Å²) >= 11 is 0. The number of nitrogens with zero attached hydrogens (tertiary/aromatic N) is 1. The van der Waals surface area contributed by atoms with Gasteiger partial charge in [0.2, 0.25) is 0 Å². The summed E-state index contributed by atoms with van der Waals surface area (Å²) in [6.45, 7) is 1.53. The minimum Gasteiger partial charge on any atom is -0.465 e. The van der Waals surface area contributed by atoms with Crippen LogP contribution in [0.3, 0.4) is 0 Å². The van der Waals surface area contributed by atoms with Crippen LogP contribution >= 0.6 is 0 Å². The van der Waals surface area contributed by atoms with Gasteiger partial charge >= 0.3 is 5.97 Å². The molecule has 0 radical (unpaired) electrons. The van der Waals surface area contributed by atoms with Gasteiger partial charge < -0.3 is 14.6 Å². The highest BCUT2D eigenvalue weighted by Gasteiger charge is 2.50. The summed E-state index contributed by atoms with van der Waals surface area (Å²) in [5, 5.41) is 4.37. The molecule has 1 N–H and O–H groups in total. The van der Waals surface area contributed by atoms with E-state index in [4.69, 9.17) is 4.74 Å². The zero-order chi connectivity index (χ0) is 23.3. The van der Waals surface area contributed by atoms with Crippen LogP contribution in [0.15, 0.2) is 54.7 Å². The third-order valence-electron chi connectivity index (χ3n) is 8.55. The quantitative estimate of drug-likeness (QED) is 0.504. The number of amides is 1. The molecule has 7 rings (SSSR count). The fourth-order valence-corrected chi connectivity index (χ4v) is 7.42. The number of ether oxygens (including phenoxy) is 1. The van der Waals surface area contributed by atoms with E-state index >= 15 is 0 Å². The summed E-state index contributed by atoms with van der Waals surface area (Å²) in [5.74, 6) is 2.42. The van der Waals surface area contributed by atoms with Crippen LogP contribution in [0.4, 0.5) is 0 Å². The molecule has 2 aromatic carbocycles. The smallest absolute Gasteiger partial charge is 0.337 e. The average molecular weight is 457 g/mol. The molecule has 4 bridgehead atoms. The van der Waals surface area contributed by atoms with E-state index in [0.717, 1.165) is 46.3 Å². The number of benzene rings is 2. The van der Waals surface area contributed by atoms with E-state index in [1.54, 1.807) is 12.1 Å². The Kier molecular flexibility index (Phi) is 5.23. The highest BCUT2D eigenvalue weighted by atomic mass is 16.5. The van der Waals surface area contributed by atoms with Gasteiger partial charge in [-0.25, -0.2) is 4.79 Å². The van der Waals surface area contributed by atoms with Gasteiger partial charge in [0.05, 0.1) is 12.7 Å². The Morgan fingerprint density at radius 1 is 0.941 bits per heavy atom. The molecule has 176 valence electrons. The summed E-state index contributed by atoms with van der Waals surface area (Å²) in [4.78, 5) is 24.7. The Hall–Kier alpha value is -3.08. The largest absolute Gasteiger partial charge is 0.465 e. The number of carbonyl (C=O) groups is 2. The molecular formula is C29H32N2O3. The lowest BCUT2D eigenvalue weighted by Crippen LogP contribution is -2.51. The minimum atomic E-state index is -0.327. The second-order valence-electron chi connectivity index (χ2n) is 11.0. The van der Waals surface area contributed by atoms with E-state index in [9.17, 15) is 9.59 Å². The molecule has 1 aromatic heterocycles. The lowest BCUT2D eigenvalue weighted by molar-refractivity contribution is -0.0503. The highest BCUT2D eigenvalue weighted by Crippen LogP contribution is 2.59. The molecular weight excluding hydrogens is 424 g/mol. The van der Waals surface area contributed by atoms with Crippen LogP contribution in [0.2, 0.25) is 0 Å². The molecule has 4 saturated carbocycles. The molecule has 4 fully saturated rings. The Morgan fingerprint density at radius 2 is 1.59 bits per heavy atom. The topological polar surface area (TPSA) is 60.3 Å². The van der Waals surface area contributed by atoms with Crippen molar-refractivity contribution in [1.29, 1.82) is 0 Å². The second-order valence-corrected chi connectivity index (χ2v) is 11.0. The van der Waals surface area contributed by atoms with Crippen molar-refractivity contribution in [3.8, 4) is 0 Å². The number of esters is 1. The van der Waals surface area contributed by atoms with Crippen molar-refractivity contribution in [2.24, 2.45) is 23.2 Å². The van der Waals surface area contributed by atoms with Gasteiger partial charge in [-0.05, 0) is 104 Å². The molecule has 1 amide bonds. The second kappa shape index (κ2) is 8.30. The Morgan fingerprint density at radius 3 is 2.24 bits per heavy atom. The zero-order valence-electron chi connectivity index (χ0n) is 19.8. The molecule has 0 saturated heterocycles. The van der Waals surface area contributed by atoms with Crippen molar-refractivity contribution in [2.45, 2.75) is 45.1 Å². The van der Waals surface area contributed by atoms with Gasteiger partial charge in [0, 0.05) is 35.8 Å². The van der Waals surface area contributed by atoms with E-state index in [2.05, 4.69) is 22.1 Å². The SMILES string of the molecule is COC(=O)c1ccc(Cn2ccc3cc(C(=O)NCC45CC6CC(CC(C6)C4)C5)ccc32)cc1. The van der Waals surface area contributed by atoms with Gasteiger partial charge in [0.1, 0.15) is 0 Å². The van der Waals surface area contributed by atoms with Crippen molar-refractivity contribution < 1.29 is 14.3 Å². The van der Waals surface area contributed by atoms with Crippen LogP contribution in [0.5, 0.6) is 0 Å². The fraction of sp³-hybridized carbons (Fsp3) is 0.448. The molecule has 0 aliphatic heterocycles. The molecule has 0 atom stereocenters. The van der Waals surface area contributed by atoms with Gasteiger partial charge in [0.25, 0.3) is 5.91 Å². The number of carbonyl (C=O) groups excluding carboxylic acids is 2. The predicted octanol–water partition coefficient (Wildman–Crippen LogP) is 5.42. The molecule has 34 heavy (non-hydrogen) atoms. The van der Waals surface area contributed by atoms with Gasteiger partial charge in [0.15, 0.2) is 0 Å². The van der Waals surface area contributed by atoms with Crippen LogP contribution in [0.1, 0.15) is 64.8 Å². The monoisotopic (exact) mass is 456 g/mol. The Bertz CT molecular complexity index is 1200. The van der Waals surface area contributed by atoms with Crippen LogP contribution < -0.4 is 5.32 Å². The molecule has 1 heterocycles. The average Bonchev–Trinajstić information content (AvgIpc) is 3.23. The minimum absolute atomic E-state index is 0.0452. The van der Waals surface area contributed by atoms with Gasteiger partial charge in [-0.15, -0.1) is 0 Å². The first kappa shape index (κ1) is 21.5. The predicted molar refractivity (Wildman–Crippen MR) is 132 cm³/mol. The lowest BCUT2D eigenvalue weighted by atomic mass is 9.49. The molecule has 4 aliphatic carbocycles. The Labute approximate surface area is 200 Å². The number of hydrogen-bond donors (Lipinski definition) is 1. The third-order valence-corrected chi connectivity index (χ3v) is 8.55. The Balaban J connectivity index is 1.13. The van der Waals surface area contributed by atoms with Crippen molar-refractivity contribution in [2.75, 3.05) is 13.7 Å². The fourth-order valence-electron chi connectivity index (χ4n) is 7.42. The van der Waals surface area contributed by atoms with E-state index < -0.39 is 0 Å². The summed E-state index contributed by atoms with van der Waals surface area (Å²) in [5.41, 5.74) is 3.82. The summed E-state index contributed by atoms with van der Waals surface area (Å²) in [7, 11) is 1.39. The van der Waals surface area contributed by atoms with Crippen molar-refractivity contribution in [1.82, 2.24) is 9.88 Å². The number of hydrogen-bond acceptors (Lipinski definition) is 3. The maximum atomic E-state index is 13.0. The van der Waals surface area contributed by atoms with Crippen LogP contribution in [-0.2, 0) is 11.3 Å². The highest BCUT2D eigenvalue weighted by molar-refractivity contribution is 5.98. The van der Waals surface area contributed by atoms with Crippen LogP contribution in [-0.4, -0.2) is 30.1 Å². The lowest BCUT2D eigenvalue weighted by Gasteiger charge is -2.56. The summed E-state index contributed by atoms with van der Waals surface area (Å²) < 4.78 is 6.94. The van der Waals surface area contributed by atoms with E-state index in [1.165, 1.54) is 45.6 Å². The summed E-state index contributed by atoms with van der Waals surface area (Å²) in [6.07, 6.45) is 10.3. The molecule has 5 heteroatoms. The number of aromatic nitrogens is 1. The molecule has 4 aliphatic rings. The molecule has 0 unspecified atom stereocenters.